The fraction of sp³-hybridized carbons (Fsp3) is 0.435. The molecule has 0 spiro atoms. The molecular formula is C23H26NO8+. The highest BCUT2D eigenvalue weighted by molar-refractivity contribution is 5.82. The lowest BCUT2D eigenvalue weighted by molar-refractivity contribution is -0.989. The molecule has 2 aromatic rings. The monoisotopic (exact) mass is 444 g/mol. The number of ether oxygens (including phenoxy) is 1. The molecule has 2 aliphatic heterocycles. The highest BCUT2D eigenvalue weighted by atomic mass is 16.6. The Labute approximate surface area is 183 Å². The van der Waals surface area contributed by atoms with Gasteiger partial charge in [0.05, 0.1) is 13.6 Å². The van der Waals surface area contributed by atoms with Crippen LogP contribution < -0.4 is 0 Å². The van der Waals surface area contributed by atoms with Crippen molar-refractivity contribution in [2.75, 3.05) is 13.6 Å². The van der Waals surface area contributed by atoms with E-state index in [2.05, 4.69) is 0 Å². The molecule has 1 fully saturated rings. The number of phenols is 2. The van der Waals surface area contributed by atoms with E-state index in [1.54, 1.807) is 6.07 Å². The highest BCUT2D eigenvalue weighted by Crippen LogP contribution is 2.53. The lowest BCUT2D eigenvalue weighted by atomic mass is 9.75. The van der Waals surface area contributed by atoms with Crippen molar-refractivity contribution in [1.29, 1.82) is 0 Å². The van der Waals surface area contributed by atoms with E-state index in [0.717, 1.165) is 22.3 Å². The van der Waals surface area contributed by atoms with E-state index in [9.17, 15) is 35.4 Å². The Morgan fingerprint density at radius 2 is 1.78 bits per heavy atom. The number of carboxylic acid groups (broad SMARTS) is 1. The molecule has 0 aromatic heterocycles. The second-order valence-corrected chi connectivity index (χ2v) is 9.14. The quantitative estimate of drug-likeness (QED) is 0.285. The van der Waals surface area contributed by atoms with Crippen LogP contribution in [0, 0.1) is 0 Å². The van der Waals surface area contributed by atoms with E-state index in [0.29, 0.717) is 24.9 Å². The molecule has 9 nitrogen and oxygen atoms in total. The van der Waals surface area contributed by atoms with Gasteiger partial charge in [0, 0.05) is 24.0 Å². The van der Waals surface area contributed by atoms with Crippen LogP contribution in [-0.2, 0) is 22.4 Å². The van der Waals surface area contributed by atoms with Crippen LogP contribution in [0.5, 0.6) is 11.5 Å². The molecule has 170 valence electrons. The van der Waals surface area contributed by atoms with Gasteiger partial charge in [0.15, 0.2) is 23.7 Å². The molecule has 2 unspecified atom stereocenters. The first kappa shape index (κ1) is 21.2. The van der Waals surface area contributed by atoms with E-state index in [-0.39, 0.29) is 22.0 Å². The summed E-state index contributed by atoms with van der Waals surface area (Å²) in [4.78, 5) is 11.7. The zero-order chi connectivity index (χ0) is 22.9. The molecule has 3 aliphatic rings. The fourth-order valence-corrected chi connectivity index (χ4v) is 5.72. The fourth-order valence-electron chi connectivity index (χ4n) is 5.72. The minimum Gasteiger partial charge on any atom is -0.504 e. The maximum Gasteiger partial charge on any atom is 0.335 e. The Balaban J connectivity index is 1.65. The van der Waals surface area contributed by atoms with Crippen LogP contribution in [0.4, 0.5) is 0 Å². The second-order valence-electron chi connectivity index (χ2n) is 9.14. The van der Waals surface area contributed by atoms with Crippen molar-refractivity contribution in [3.63, 3.8) is 0 Å². The summed E-state index contributed by atoms with van der Waals surface area (Å²) >= 11 is 0. The third kappa shape index (κ3) is 2.79. The van der Waals surface area contributed by atoms with Gasteiger partial charge in [-0.2, -0.15) is 0 Å². The first-order valence-electron chi connectivity index (χ1n) is 10.6. The van der Waals surface area contributed by atoms with Crippen LogP contribution in [0.25, 0.3) is 11.1 Å². The summed E-state index contributed by atoms with van der Waals surface area (Å²) in [6.45, 7) is 0.511. The van der Waals surface area contributed by atoms with Crippen LogP contribution in [0.15, 0.2) is 30.3 Å². The van der Waals surface area contributed by atoms with Gasteiger partial charge in [0.2, 0.25) is 6.23 Å². The van der Waals surface area contributed by atoms with Gasteiger partial charge in [-0.05, 0) is 22.8 Å². The highest BCUT2D eigenvalue weighted by Gasteiger charge is 2.58. The van der Waals surface area contributed by atoms with Gasteiger partial charge in [-0.3, -0.25) is 4.48 Å². The molecule has 5 rings (SSSR count). The van der Waals surface area contributed by atoms with Crippen molar-refractivity contribution < 1.29 is 44.7 Å². The Kier molecular flexibility index (Phi) is 4.74. The molecule has 32 heavy (non-hydrogen) atoms. The third-order valence-corrected chi connectivity index (χ3v) is 7.44. The molecule has 1 aliphatic carbocycles. The number of nitrogens with zero attached hydrogens (tertiary/aromatic N) is 1. The number of rotatable bonds is 2. The zero-order valence-electron chi connectivity index (χ0n) is 17.4. The van der Waals surface area contributed by atoms with Crippen LogP contribution in [0.2, 0.25) is 0 Å². The molecule has 2 aromatic carbocycles. The molecule has 0 radical (unpaired) electrons. The zero-order valence-corrected chi connectivity index (χ0v) is 17.4. The average Bonchev–Trinajstić information content (AvgIpc) is 2.77. The molecule has 0 bridgehead atoms. The standard InChI is InChI=1S/C23H25NO8/c1-24(22-20(29)18(27)19(28)21(32-22)23(30)31)8-7-10-3-2-4-12-15(10)13(24)9-11-5-6-14(25)17(26)16(11)12/h2-6,13,18-22,27-29H,7-9H2,1H3,(H2-,25,26,30,31)/p+1/t13-,18-,19-,20+,21-,22?,24?/m1/s1. The summed E-state index contributed by atoms with van der Waals surface area (Å²) in [7, 11) is 1.85. The van der Waals surface area contributed by atoms with Crippen molar-refractivity contribution >= 4 is 5.97 Å². The summed E-state index contributed by atoms with van der Waals surface area (Å²) < 4.78 is 5.85. The SMILES string of the molecule is C[N+]1(C2O[C@@H](C(=O)O)[C@H](O)[C@@H](O)[C@@H]2O)CCc2cccc3c2[C@H]1Cc1ccc(O)c(O)c1-3. The smallest absolute Gasteiger partial charge is 0.335 e. The molecule has 0 saturated carbocycles. The molecule has 0 amide bonds. The Bertz CT molecular complexity index is 1100. The summed E-state index contributed by atoms with van der Waals surface area (Å²) in [5.74, 6) is -1.81. The van der Waals surface area contributed by atoms with Gasteiger partial charge >= 0.3 is 5.97 Å². The number of phenolic OH excluding ortho intramolecular Hbond substituents is 2. The predicted octanol–water partition coefficient (Wildman–Crippen LogP) is 0.257. The van der Waals surface area contributed by atoms with Crippen LogP contribution in [0.3, 0.4) is 0 Å². The number of carboxylic acids is 1. The van der Waals surface area contributed by atoms with Crippen molar-refractivity contribution in [3.8, 4) is 22.6 Å². The number of hydrogen-bond donors (Lipinski definition) is 6. The molecule has 1 saturated heterocycles. The topological polar surface area (TPSA) is 148 Å². The minimum atomic E-state index is -1.75. The minimum absolute atomic E-state index is 0.0970. The van der Waals surface area contributed by atoms with Gasteiger partial charge in [0.25, 0.3) is 0 Å². The number of likely N-dealkylation sites (N-methyl/N-ethyl adjacent to an activating group) is 1. The van der Waals surface area contributed by atoms with E-state index in [4.69, 9.17) is 4.74 Å². The van der Waals surface area contributed by atoms with Gasteiger partial charge in [-0.25, -0.2) is 4.79 Å². The summed E-state index contributed by atoms with van der Waals surface area (Å²) in [5.41, 5.74) is 4.15. The number of benzene rings is 2. The van der Waals surface area contributed by atoms with Gasteiger partial charge in [0.1, 0.15) is 18.2 Å². The second kappa shape index (κ2) is 7.16. The molecule has 9 heteroatoms. The lowest BCUT2D eigenvalue weighted by Crippen LogP contribution is -2.71. The number of carbonyl (C=O) groups is 1. The Morgan fingerprint density at radius 3 is 2.50 bits per heavy atom. The number of aliphatic carboxylic acids is 1. The maximum absolute atomic E-state index is 11.7. The summed E-state index contributed by atoms with van der Waals surface area (Å²) in [6, 6.07) is 8.68. The largest absolute Gasteiger partial charge is 0.504 e. The molecular weight excluding hydrogens is 418 g/mol. The van der Waals surface area contributed by atoms with Crippen molar-refractivity contribution in [1.82, 2.24) is 0 Å². The van der Waals surface area contributed by atoms with Gasteiger partial charge < -0.3 is 35.4 Å². The van der Waals surface area contributed by atoms with E-state index < -0.39 is 36.6 Å². The van der Waals surface area contributed by atoms with Gasteiger partial charge in [-0.15, -0.1) is 0 Å². The van der Waals surface area contributed by atoms with Crippen LogP contribution in [0.1, 0.15) is 22.7 Å². The van der Waals surface area contributed by atoms with Crippen LogP contribution >= 0.6 is 0 Å². The Morgan fingerprint density at radius 1 is 1.03 bits per heavy atom. The van der Waals surface area contributed by atoms with Gasteiger partial charge in [-0.1, -0.05) is 24.3 Å². The number of fused-ring (bicyclic) bond motifs is 2. The number of aliphatic hydroxyl groups excluding tert-OH is 3. The number of hydrogen-bond acceptors (Lipinski definition) is 7. The van der Waals surface area contributed by atoms with E-state index >= 15 is 0 Å². The predicted molar refractivity (Wildman–Crippen MR) is 111 cm³/mol. The number of quaternary nitrogens is 1. The van der Waals surface area contributed by atoms with E-state index in [1.165, 1.54) is 6.07 Å². The van der Waals surface area contributed by atoms with Crippen molar-refractivity contribution in [3.05, 3.63) is 47.0 Å². The summed E-state index contributed by atoms with van der Waals surface area (Å²) in [6.07, 6.45) is -6.60. The number of aliphatic hydroxyl groups is 3. The molecule has 7 atom stereocenters. The molecule has 6 N–H and O–H groups in total. The first-order chi connectivity index (χ1) is 15.1. The molecule has 2 heterocycles. The normalized spacial score (nSPS) is 35.6. The number of aromatic hydroxyl groups is 2. The lowest BCUT2D eigenvalue weighted by Gasteiger charge is -2.55. The van der Waals surface area contributed by atoms with Crippen molar-refractivity contribution in [2.24, 2.45) is 0 Å². The average molecular weight is 444 g/mol. The Hall–Kier alpha value is -2.69. The third-order valence-electron chi connectivity index (χ3n) is 7.44. The van der Waals surface area contributed by atoms with E-state index in [1.807, 2.05) is 25.2 Å². The maximum atomic E-state index is 11.7. The first-order valence-corrected chi connectivity index (χ1v) is 10.6. The van der Waals surface area contributed by atoms with Crippen molar-refractivity contribution in [2.45, 2.75) is 49.5 Å². The summed E-state index contributed by atoms with van der Waals surface area (Å²) in [5, 5.41) is 61.5. The van der Waals surface area contributed by atoms with Crippen LogP contribution in [-0.4, -0.2) is 85.3 Å².